The Morgan fingerprint density at radius 2 is 0.984 bits per heavy atom. The van der Waals surface area contributed by atoms with Crippen LogP contribution in [0.15, 0.2) is 30.6 Å². The summed E-state index contributed by atoms with van der Waals surface area (Å²) in [5, 5.41) is 9.10. The van der Waals surface area contributed by atoms with E-state index >= 15 is 0 Å². The first-order valence-electron chi connectivity index (χ1n) is 26.0. The quantitative estimate of drug-likeness (QED) is 0.153. The number of aromatic nitrogens is 3. The van der Waals surface area contributed by atoms with Crippen molar-refractivity contribution in [3.8, 4) is 0 Å². The molecule has 6 aromatic rings. The minimum Gasteiger partial charge on any atom is -0.305 e. The van der Waals surface area contributed by atoms with Crippen LogP contribution in [0.25, 0.3) is 48.9 Å². The third kappa shape index (κ3) is 7.31. The summed E-state index contributed by atoms with van der Waals surface area (Å²) < 4.78 is 2.73. The molecule has 2 spiro atoms. The zero-order valence-electron chi connectivity index (χ0n) is 39.5. The smallest absolute Gasteiger partial charge is 0.0729 e. The normalized spacial score (nSPS) is 21.7. The van der Waals surface area contributed by atoms with Crippen LogP contribution in [-0.2, 0) is 34.5 Å². The van der Waals surface area contributed by atoms with Gasteiger partial charge in [0.2, 0.25) is 0 Å². The Kier molecular flexibility index (Phi) is 11.2. The van der Waals surface area contributed by atoms with Crippen LogP contribution < -0.4 is 0 Å². The molecule has 0 radical (unpaired) electrons. The minimum absolute atomic E-state index is 0.00240. The second kappa shape index (κ2) is 16.4. The highest BCUT2D eigenvalue weighted by atomic mass is 14.9. The maximum Gasteiger partial charge on any atom is 0.0729 e. The second-order valence-electron chi connectivity index (χ2n) is 23.4. The zero-order chi connectivity index (χ0) is 42.0. The summed E-state index contributed by atoms with van der Waals surface area (Å²) in [5.74, 6) is 0. The van der Waals surface area contributed by atoms with E-state index in [1.165, 1.54) is 228 Å². The minimum atomic E-state index is 0.00240. The van der Waals surface area contributed by atoms with Crippen molar-refractivity contribution >= 4 is 48.9 Å². The summed E-state index contributed by atoms with van der Waals surface area (Å²) in [6.45, 7) is 14.7. The van der Waals surface area contributed by atoms with Gasteiger partial charge in [0.25, 0.3) is 0 Å². The van der Waals surface area contributed by atoms with Gasteiger partial charge in [-0.15, -0.1) is 0 Å². The summed E-state index contributed by atoms with van der Waals surface area (Å²) >= 11 is 0. The molecule has 2 aromatic carbocycles. The maximum atomic E-state index is 5.89. The fraction of sp³-hybridized carbons (Fsp3) is 0.655. The number of nitrogens with zero attached hydrogens (tertiary/aromatic N) is 3. The molecule has 2 fully saturated rings. The van der Waals surface area contributed by atoms with Crippen LogP contribution in [0.3, 0.4) is 0 Å². The first-order valence-corrected chi connectivity index (χ1v) is 26.0. The highest BCUT2D eigenvalue weighted by Crippen LogP contribution is 2.59. The molecule has 0 aliphatic heterocycles. The molecule has 4 heterocycles. The van der Waals surface area contributed by atoms with Crippen molar-refractivity contribution in [1.82, 2.24) is 14.4 Å². The van der Waals surface area contributed by atoms with Gasteiger partial charge >= 0.3 is 0 Å². The number of rotatable bonds is 0. The average molecular weight is 818 g/mol. The molecule has 61 heavy (non-hydrogen) atoms. The molecule has 0 bridgehead atoms. The van der Waals surface area contributed by atoms with Gasteiger partial charge in [0.15, 0.2) is 0 Å². The van der Waals surface area contributed by atoms with Crippen molar-refractivity contribution in [1.29, 1.82) is 0 Å². The topological polar surface area (TPSA) is 30.2 Å². The molecular weight excluding hydrogens is 739 g/mol. The van der Waals surface area contributed by atoms with Crippen molar-refractivity contribution < 1.29 is 0 Å². The number of aryl methyl sites for hydroxylation is 2. The Balaban J connectivity index is 1.34. The SMILES string of the molecule is CC(C)(C)c1cc(C(C)(C)C)c2cc3c4c5c(ncc4n4c6cnc7c(c6c(c2c1)c34)C1(CCCCCC1)CCC71CCCCCC1)CCCCCCCCCCCCCC5. The van der Waals surface area contributed by atoms with E-state index in [2.05, 4.69) is 76.5 Å². The molecule has 0 amide bonds. The number of pyridine rings is 2. The first kappa shape index (κ1) is 41.8. The highest BCUT2D eigenvalue weighted by Gasteiger charge is 2.49. The standard InChI is InChI=1S/C58H79N3/c1-55(2,3)40-35-43-42(45(36-40)56(4,5)6)37-44-49-41-27-21-15-13-11-9-7-8-10-12-14-16-22-28-46(41)59-38-47(49)61-48-39-60-54-52(51(48)50(43)53(44)61)57(29-23-17-18-24-30-57)33-34-58(54)31-25-19-20-26-32-58/h35-39H,7-34H2,1-6H3. The lowest BCUT2D eigenvalue weighted by molar-refractivity contribution is 0.219. The summed E-state index contributed by atoms with van der Waals surface area (Å²) in [4.78, 5) is 11.4. The van der Waals surface area contributed by atoms with Gasteiger partial charge in [-0.1, -0.05) is 163 Å². The molecule has 10 rings (SSSR count). The van der Waals surface area contributed by atoms with Gasteiger partial charge in [-0.05, 0) is 126 Å². The summed E-state index contributed by atoms with van der Waals surface area (Å²) in [6, 6.07) is 7.96. The molecule has 3 heteroatoms. The summed E-state index contributed by atoms with van der Waals surface area (Å²) in [5.41, 5.74) is 13.8. The molecule has 0 atom stereocenters. The number of fused-ring (bicyclic) bond motifs is 14. The van der Waals surface area contributed by atoms with E-state index in [1.807, 2.05) is 0 Å². The molecule has 0 unspecified atom stereocenters. The van der Waals surface area contributed by atoms with Gasteiger partial charge < -0.3 is 4.40 Å². The van der Waals surface area contributed by atoms with Crippen molar-refractivity contribution in [3.05, 3.63) is 64.2 Å². The van der Waals surface area contributed by atoms with E-state index in [-0.39, 0.29) is 21.7 Å². The van der Waals surface area contributed by atoms with Crippen LogP contribution in [0.2, 0.25) is 0 Å². The molecule has 2 saturated carbocycles. The van der Waals surface area contributed by atoms with Crippen LogP contribution in [-0.4, -0.2) is 14.4 Å². The van der Waals surface area contributed by atoms with Crippen LogP contribution in [0.1, 0.15) is 242 Å². The lowest BCUT2D eigenvalue weighted by Crippen LogP contribution is -2.41. The van der Waals surface area contributed by atoms with Gasteiger partial charge in [0, 0.05) is 32.7 Å². The zero-order valence-corrected chi connectivity index (χ0v) is 39.5. The van der Waals surface area contributed by atoms with E-state index in [0.717, 1.165) is 12.8 Å². The summed E-state index contributed by atoms with van der Waals surface area (Å²) in [7, 11) is 0. The van der Waals surface area contributed by atoms with E-state index in [4.69, 9.17) is 9.97 Å². The van der Waals surface area contributed by atoms with E-state index in [1.54, 1.807) is 21.9 Å². The molecule has 4 aliphatic carbocycles. The Morgan fingerprint density at radius 1 is 0.459 bits per heavy atom. The molecular formula is C58H79N3. The monoisotopic (exact) mass is 818 g/mol. The van der Waals surface area contributed by atoms with Crippen LogP contribution in [0.4, 0.5) is 0 Å². The number of benzene rings is 2. The van der Waals surface area contributed by atoms with Gasteiger partial charge in [0.1, 0.15) is 0 Å². The van der Waals surface area contributed by atoms with E-state index in [9.17, 15) is 0 Å². The molecule has 4 aromatic heterocycles. The van der Waals surface area contributed by atoms with Gasteiger partial charge in [-0.2, -0.15) is 0 Å². The highest BCUT2D eigenvalue weighted by molar-refractivity contribution is 6.32. The van der Waals surface area contributed by atoms with E-state index < -0.39 is 0 Å². The molecule has 4 aliphatic rings. The largest absolute Gasteiger partial charge is 0.305 e. The molecule has 3 nitrogen and oxygen atoms in total. The Labute approximate surface area is 369 Å². The second-order valence-corrected chi connectivity index (χ2v) is 23.4. The van der Waals surface area contributed by atoms with Gasteiger partial charge in [-0.25, -0.2) is 0 Å². The van der Waals surface area contributed by atoms with Crippen LogP contribution in [0.5, 0.6) is 0 Å². The van der Waals surface area contributed by atoms with Crippen molar-refractivity contribution in [2.24, 2.45) is 0 Å². The van der Waals surface area contributed by atoms with Gasteiger partial charge in [0.05, 0.1) is 34.6 Å². The lowest BCUT2D eigenvalue weighted by Gasteiger charge is -2.48. The first-order chi connectivity index (χ1) is 29.5. The van der Waals surface area contributed by atoms with Crippen molar-refractivity contribution in [2.45, 2.75) is 243 Å². The van der Waals surface area contributed by atoms with E-state index in [0.29, 0.717) is 0 Å². The maximum absolute atomic E-state index is 5.89. The van der Waals surface area contributed by atoms with Crippen molar-refractivity contribution in [2.75, 3.05) is 0 Å². The van der Waals surface area contributed by atoms with Crippen molar-refractivity contribution in [3.63, 3.8) is 0 Å². The Bertz CT molecular complexity index is 2520. The number of hydrogen-bond acceptors (Lipinski definition) is 2. The lowest BCUT2D eigenvalue weighted by atomic mass is 9.57. The predicted molar refractivity (Wildman–Crippen MR) is 262 cm³/mol. The van der Waals surface area contributed by atoms with Crippen LogP contribution >= 0.6 is 0 Å². The third-order valence-corrected chi connectivity index (χ3v) is 17.3. The molecule has 0 saturated heterocycles. The van der Waals surface area contributed by atoms with Crippen LogP contribution in [0, 0.1) is 0 Å². The third-order valence-electron chi connectivity index (χ3n) is 17.3. The molecule has 326 valence electrons. The summed E-state index contributed by atoms with van der Waals surface area (Å²) in [6.07, 6.45) is 42.3. The van der Waals surface area contributed by atoms with Gasteiger partial charge in [-0.3, -0.25) is 9.97 Å². The Hall–Kier alpha value is -3.20. The molecule has 0 N–H and O–H groups in total. The fourth-order valence-electron chi connectivity index (χ4n) is 13.8. The predicted octanol–water partition coefficient (Wildman–Crippen LogP) is 17.1. The average Bonchev–Trinajstić information content (AvgIpc) is 3.48. The Morgan fingerprint density at radius 3 is 1.59 bits per heavy atom. The fourth-order valence-corrected chi connectivity index (χ4v) is 13.8. The number of hydrogen-bond donors (Lipinski definition) is 0.